The molecule has 3 atom stereocenters. The third-order valence-electron chi connectivity index (χ3n) is 9.13. The monoisotopic (exact) mass is 537 g/mol. The van der Waals surface area contributed by atoms with Gasteiger partial charge in [0.1, 0.15) is 17.7 Å². The molecule has 8 heteroatoms. The van der Waals surface area contributed by atoms with E-state index in [1.165, 1.54) is 30.5 Å². The predicted molar refractivity (Wildman–Crippen MR) is 146 cm³/mol. The summed E-state index contributed by atoms with van der Waals surface area (Å²) in [6, 6.07) is 8.00. The number of unbranched alkanes of at least 4 members (excludes halogenated alkanes) is 1. The maximum atomic E-state index is 14.4. The minimum Gasteiger partial charge on any atom is -0.480 e. The second kappa shape index (κ2) is 11.5. The standard InChI is InChI=1S/C31H40FN3O4/c32-22-7-9-25(27-19-31(11-12-31)13-17-39-27)26(18-22)28(30(36)37)35-15-10-24(20-35)38-16-2-1-5-23-8-6-21-4-3-14-33-29(21)34-23/h6-9,18,24,27-28H,1-5,10-17,19-20H2,(H,33,34)(H,36,37)/t24-,27?,28+/m1/s1. The van der Waals surface area contributed by atoms with Crippen molar-refractivity contribution in [2.45, 2.75) is 82.5 Å². The van der Waals surface area contributed by atoms with Gasteiger partial charge in [0.2, 0.25) is 0 Å². The molecule has 1 aliphatic carbocycles. The lowest BCUT2D eigenvalue weighted by molar-refractivity contribution is -0.143. The molecule has 0 radical (unpaired) electrons. The number of pyridine rings is 1. The SMILES string of the molecule is O=C(O)[C@H](c1cc(F)ccc1C1CC2(CCO1)CC2)N1CC[C@@H](OCCCCc2ccc3c(n2)NCCC3)C1. The van der Waals surface area contributed by atoms with Gasteiger partial charge in [0, 0.05) is 38.5 Å². The minimum atomic E-state index is -0.952. The minimum absolute atomic E-state index is 0.0180. The summed E-state index contributed by atoms with van der Waals surface area (Å²) in [4.78, 5) is 19.3. The van der Waals surface area contributed by atoms with Gasteiger partial charge in [0.25, 0.3) is 0 Å². The van der Waals surface area contributed by atoms with E-state index in [0.29, 0.717) is 37.3 Å². The molecule has 1 spiro atoms. The third-order valence-corrected chi connectivity index (χ3v) is 9.13. The topological polar surface area (TPSA) is 83.9 Å². The van der Waals surface area contributed by atoms with Crippen LogP contribution < -0.4 is 5.32 Å². The zero-order valence-corrected chi connectivity index (χ0v) is 22.7. The average molecular weight is 538 g/mol. The van der Waals surface area contributed by atoms with Gasteiger partial charge in [0.05, 0.1) is 12.2 Å². The fourth-order valence-corrected chi connectivity index (χ4v) is 6.65. The van der Waals surface area contributed by atoms with Gasteiger partial charge in [0.15, 0.2) is 0 Å². The van der Waals surface area contributed by atoms with Crippen LogP contribution in [0.1, 0.15) is 85.9 Å². The fraction of sp³-hybridized carbons (Fsp3) is 0.613. The van der Waals surface area contributed by atoms with E-state index in [-0.39, 0.29) is 12.2 Å². The summed E-state index contributed by atoms with van der Waals surface area (Å²) >= 11 is 0. The van der Waals surface area contributed by atoms with Crippen LogP contribution in [-0.4, -0.2) is 59.9 Å². The number of hydrogen-bond donors (Lipinski definition) is 2. The number of nitrogens with zero attached hydrogens (tertiary/aromatic N) is 2. The van der Waals surface area contributed by atoms with Crippen LogP contribution in [0.15, 0.2) is 30.3 Å². The van der Waals surface area contributed by atoms with E-state index >= 15 is 0 Å². The maximum absolute atomic E-state index is 14.4. The van der Waals surface area contributed by atoms with Crippen LogP contribution in [-0.2, 0) is 27.1 Å². The van der Waals surface area contributed by atoms with Crippen LogP contribution in [0, 0.1) is 11.2 Å². The predicted octanol–water partition coefficient (Wildman–Crippen LogP) is 5.45. The lowest BCUT2D eigenvalue weighted by Gasteiger charge is -2.33. The number of carbonyl (C=O) groups is 1. The summed E-state index contributed by atoms with van der Waals surface area (Å²) in [5.41, 5.74) is 4.11. The van der Waals surface area contributed by atoms with Gasteiger partial charge in [-0.05, 0) is 105 Å². The summed E-state index contributed by atoms with van der Waals surface area (Å²) in [7, 11) is 0. The molecule has 3 aliphatic heterocycles. The summed E-state index contributed by atoms with van der Waals surface area (Å²) in [5, 5.41) is 13.7. The Hall–Kier alpha value is -2.55. The highest BCUT2D eigenvalue weighted by Gasteiger charge is 2.47. The molecule has 1 aromatic carbocycles. The summed E-state index contributed by atoms with van der Waals surface area (Å²) < 4.78 is 26.7. The third kappa shape index (κ3) is 6.13. The van der Waals surface area contributed by atoms with Crippen molar-refractivity contribution in [2.24, 2.45) is 5.41 Å². The van der Waals surface area contributed by atoms with E-state index in [4.69, 9.17) is 14.5 Å². The number of aromatic nitrogens is 1. The van der Waals surface area contributed by atoms with Crippen LogP contribution >= 0.6 is 0 Å². The van der Waals surface area contributed by atoms with Crippen LogP contribution in [0.3, 0.4) is 0 Å². The largest absolute Gasteiger partial charge is 0.480 e. The molecule has 210 valence electrons. The quantitative estimate of drug-likeness (QED) is 0.390. The maximum Gasteiger partial charge on any atom is 0.325 e. The van der Waals surface area contributed by atoms with Crippen LogP contribution in [0.25, 0.3) is 0 Å². The molecule has 6 rings (SSSR count). The van der Waals surface area contributed by atoms with E-state index in [1.807, 2.05) is 4.90 Å². The molecule has 2 saturated heterocycles. The number of ether oxygens (including phenoxy) is 2. The molecule has 2 N–H and O–H groups in total. The molecular weight excluding hydrogens is 497 g/mol. The number of hydrogen-bond acceptors (Lipinski definition) is 6. The van der Waals surface area contributed by atoms with E-state index in [2.05, 4.69) is 17.4 Å². The fourth-order valence-electron chi connectivity index (χ4n) is 6.65. The normalized spacial score (nSPS) is 24.7. The molecule has 0 amide bonds. The lowest BCUT2D eigenvalue weighted by Crippen LogP contribution is -2.35. The summed E-state index contributed by atoms with van der Waals surface area (Å²) in [5.74, 6) is -0.322. The van der Waals surface area contributed by atoms with Crippen LogP contribution in [0.2, 0.25) is 0 Å². The van der Waals surface area contributed by atoms with Crippen molar-refractivity contribution in [3.05, 3.63) is 58.5 Å². The second-order valence-corrected chi connectivity index (χ2v) is 11.9. The summed E-state index contributed by atoms with van der Waals surface area (Å²) in [6.07, 6.45) is 10.1. The number of carboxylic acids is 1. The van der Waals surface area contributed by atoms with Crippen molar-refractivity contribution in [1.29, 1.82) is 0 Å². The highest BCUT2D eigenvalue weighted by atomic mass is 19.1. The number of nitrogens with one attached hydrogen (secondary N) is 1. The Morgan fingerprint density at radius 1 is 1.26 bits per heavy atom. The molecular formula is C31H40FN3O4. The van der Waals surface area contributed by atoms with Crippen molar-refractivity contribution in [3.63, 3.8) is 0 Å². The molecule has 1 saturated carbocycles. The van der Waals surface area contributed by atoms with E-state index in [1.54, 1.807) is 6.07 Å². The molecule has 4 heterocycles. The molecule has 7 nitrogen and oxygen atoms in total. The zero-order chi connectivity index (χ0) is 26.8. The van der Waals surface area contributed by atoms with E-state index < -0.39 is 17.8 Å². The van der Waals surface area contributed by atoms with Crippen molar-refractivity contribution in [3.8, 4) is 0 Å². The number of halogens is 1. The first-order valence-corrected chi connectivity index (χ1v) is 14.7. The highest BCUT2D eigenvalue weighted by molar-refractivity contribution is 5.76. The zero-order valence-electron chi connectivity index (χ0n) is 22.7. The number of likely N-dealkylation sites (tertiary alicyclic amines) is 1. The Morgan fingerprint density at radius 3 is 3.00 bits per heavy atom. The molecule has 0 bridgehead atoms. The smallest absolute Gasteiger partial charge is 0.325 e. The van der Waals surface area contributed by atoms with Crippen molar-refractivity contribution in [2.75, 3.05) is 38.2 Å². The van der Waals surface area contributed by atoms with Gasteiger partial charge in [-0.3, -0.25) is 9.69 Å². The number of rotatable bonds is 10. The van der Waals surface area contributed by atoms with Gasteiger partial charge in [-0.25, -0.2) is 9.37 Å². The molecule has 1 unspecified atom stereocenters. The van der Waals surface area contributed by atoms with Crippen LogP contribution in [0.4, 0.5) is 10.2 Å². The first kappa shape index (κ1) is 26.7. The van der Waals surface area contributed by atoms with Gasteiger partial charge in [-0.15, -0.1) is 0 Å². The molecule has 4 aliphatic rings. The van der Waals surface area contributed by atoms with Gasteiger partial charge in [-0.1, -0.05) is 12.1 Å². The van der Waals surface area contributed by atoms with Gasteiger partial charge < -0.3 is 19.9 Å². The summed E-state index contributed by atoms with van der Waals surface area (Å²) in [6.45, 7) is 3.45. The van der Waals surface area contributed by atoms with Gasteiger partial charge in [-0.2, -0.15) is 0 Å². The number of aryl methyl sites for hydroxylation is 2. The Balaban J connectivity index is 1.03. The number of carboxylic acid groups (broad SMARTS) is 1. The molecule has 2 aromatic rings. The van der Waals surface area contributed by atoms with Crippen molar-refractivity contribution < 1.29 is 23.8 Å². The number of anilines is 1. The molecule has 1 aromatic heterocycles. The first-order chi connectivity index (χ1) is 19.0. The average Bonchev–Trinajstić information content (AvgIpc) is 3.51. The highest BCUT2D eigenvalue weighted by Crippen LogP contribution is 2.58. The molecule has 39 heavy (non-hydrogen) atoms. The molecule has 3 fully saturated rings. The Kier molecular flexibility index (Phi) is 7.87. The van der Waals surface area contributed by atoms with Gasteiger partial charge >= 0.3 is 5.97 Å². The lowest BCUT2D eigenvalue weighted by atomic mass is 9.86. The Bertz CT molecular complexity index is 1190. The van der Waals surface area contributed by atoms with Crippen molar-refractivity contribution >= 4 is 11.8 Å². The van der Waals surface area contributed by atoms with E-state index in [9.17, 15) is 14.3 Å². The Labute approximate surface area is 230 Å². The Morgan fingerprint density at radius 2 is 2.15 bits per heavy atom. The van der Waals surface area contributed by atoms with E-state index in [0.717, 1.165) is 75.0 Å². The second-order valence-electron chi connectivity index (χ2n) is 11.9. The number of benzene rings is 1. The first-order valence-electron chi connectivity index (χ1n) is 14.7. The van der Waals surface area contributed by atoms with Crippen molar-refractivity contribution in [1.82, 2.24) is 9.88 Å². The number of aliphatic carboxylic acids is 1. The number of fused-ring (bicyclic) bond motifs is 1. The van der Waals surface area contributed by atoms with Crippen LogP contribution in [0.5, 0.6) is 0 Å².